The van der Waals surface area contributed by atoms with Gasteiger partial charge in [-0.1, -0.05) is 0 Å². The molecule has 7 nitrogen and oxygen atoms in total. The quantitative estimate of drug-likeness (QED) is 0.471. The van der Waals surface area contributed by atoms with E-state index in [0.29, 0.717) is 18.0 Å². The molecular weight excluding hydrogens is 240 g/mol. The molecule has 0 bridgehead atoms. The van der Waals surface area contributed by atoms with Crippen molar-refractivity contribution < 1.29 is 19.2 Å². The fourth-order valence-electron chi connectivity index (χ4n) is 1.35. The summed E-state index contributed by atoms with van der Waals surface area (Å²) in [6, 6.07) is 4.21. The molecule has 1 rings (SSSR count). The van der Waals surface area contributed by atoms with Crippen molar-refractivity contribution in [2.75, 3.05) is 26.1 Å². The van der Waals surface area contributed by atoms with E-state index in [1.165, 1.54) is 32.4 Å². The maximum atomic E-state index is 10.9. The van der Waals surface area contributed by atoms with Crippen LogP contribution in [0.1, 0.15) is 6.42 Å². The van der Waals surface area contributed by atoms with E-state index in [2.05, 4.69) is 10.1 Å². The molecule has 0 spiro atoms. The molecule has 0 aliphatic carbocycles. The van der Waals surface area contributed by atoms with Crippen LogP contribution in [0.4, 0.5) is 11.4 Å². The van der Waals surface area contributed by atoms with Crippen molar-refractivity contribution in [3.8, 4) is 5.75 Å². The topological polar surface area (TPSA) is 90.7 Å². The van der Waals surface area contributed by atoms with Gasteiger partial charge in [0, 0.05) is 18.7 Å². The number of hydrogen-bond donors (Lipinski definition) is 1. The lowest BCUT2D eigenvalue weighted by molar-refractivity contribution is -0.384. The number of hydrogen-bond acceptors (Lipinski definition) is 6. The molecule has 18 heavy (non-hydrogen) atoms. The summed E-state index contributed by atoms with van der Waals surface area (Å²) in [5, 5.41) is 13.5. The van der Waals surface area contributed by atoms with Crippen molar-refractivity contribution in [2.45, 2.75) is 6.42 Å². The van der Waals surface area contributed by atoms with Crippen LogP contribution in [0.2, 0.25) is 0 Å². The number of rotatable bonds is 6. The molecule has 7 heteroatoms. The molecule has 1 aromatic rings. The lowest BCUT2D eigenvalue weighted by atomic mass is 10.2. The Balaban J connectivity index is 2.75. The average molecular weight is 254 g/mol. The number of non-ortho nitro benzene ring substituents is 1. The molecule has 0 fully saturated rings. The number of methoxy groups -OCH3 is 2. The zero-order valence-electron chi connectivity index (χ0n) is 10.1. The summed E-state index contributed by atoms with van der Waals surface area (Å²) in [5.74, 6) is 0.123. The second-order valence-corrected chi connectivity index (χ2v) is 3.39. The SMILES string of the molecule is COC(=O)CCNc1cc([N+](=O)[O-])ccc1OC. The summed E-state index contributed by atoms with van der Waals surface area (Å²) in [4.78, 5) is 21.1. The second-order valence-electron chi connectivity index (χ2n) is 3.39. The van der Waals surface area contributed by atoms with Crippen LogP contribution >= 0.6 is 0 Å². The van der Waals surface area contributed by atoms with E-state index >= 15 is 0 Å². The Morgan fingerprint density at radius 2 is 2.17 bits per heavy atom. The lowest BCUT2D eigenvalue weighted by Gasteiger charge is -2.10. The van der Waals surface area contributed by atoms with Crippen molar-refractivity contribution in [3.05, 3.63) is 28.3 Å². The third-order valence-electron chi connectivity index (χ3n) is 2.27. The molecule has 0 radical (unpaired) electrons. The van der Waals surface area contributed by atoms with Gasteiger partial charge in [0.1, 0.15) is 5.75 Å². The number of anilines is 1. The fourth-order valence-corrected chi connectivity index (χ4v) is 1.35. The van der Waals surface area contributed by atoms with Gasteiger partial charge in [-0.2, -0.15) is 0 Å². The number of nitrogens with zero attached hydrogens (tertiary/aromatic N) is 1. The number of nitro groups is 1. The van der Waals surface area contributed by atoms with Gasteiger partial charge in [0.25, 0.3) is 5.69 Å². The smallest absolute Gasteiger partial charge is 0.307 e. The minimum absolute atomic E-state index is 0.0450. The minimum atomic E-state index is -0.495. The zero-order valence-corrected chi connectivity index (χ0v) is 10.1. The van der Waals surface area contributed by atoms with Gasteiger partial charge in [-0.05, 0) is 6.07 Å². The van der Waals surface area contributed by atoms with Crippen LogP contribution in [0.15, 0.2) is 18.2 Å². The molecule has 1 aromatic carbocycles. The molecule has 0 aliphatic rings. The van der Waals surface area contributed by atoms with Gasteiger partial charge in [-0.25, -0.2) is 0 Å². The van der Waals surface area contributed by atoms with Gasteiger partial charge < -0.3 is 14.8 Å². The highest BCUT2D eigenvalue weighted by Gasteiger charge is 2.11. The largest absolute Gasteiger partial charge is 0.495 e. The third kappa shape index (κ3) is 3.62. The molecule has 0 saturated heterocycles. The fraction of sp³-hybridized carbons (Fsp3) is 0.364. The molecule has 0 aromatic heterocycles. The summed E-state index contributed by atoms with van der Waals surface area (Å²) in [5.41, 5.74) is 0.423. The van der Waals surface area contributed by atoms with Crippen molar-refractivity contribution in [3.63, 3.8) is 0 Å². The molecule has 0 saturated carbocycles. The highest BCUT2D eigenvalue weighted by atomic mass is 16.6. The Bertz CT molecular complexity index is 447. The zero-order chi connectivity index (χ0) is 13.5. The maximum absolute atomic E-state index is 10.9. The number of nitrogens with one attached hydrogen (secondary N) is 1. The van der Waals surface area contributed by atoms with Gasteiger partial charge >= 0.3 is 5.97 Å². The van der Waals surface area contributed by atoms with E-state index in [4.69, 9.17) is 4.74 Å². The van der Waals surface area contributed by atoms with Crippen LogP contribution in [0.5, 0.6) is 5.75 Å². The average Bonchev–Trinajstić information content (AvgIpc) is 2.38. The monoisotopic (exact) mass is 254 g/mol. The van der Waals surface area contributed by atoms with Crippen molar-refractivity contribution >= 4 is 17.3 Å². The Labute approximate surface area is 104 Å². The van der Waals surface area contributed by atoms with Gasteiger partial charge in [0.05, 0.1) is 31.3 Å². The number of benzene rings is 1. The molecule has 0 amide bonds. The first-order chi connectivity index (χ1) is 8.58. The maximum Gasteiger partial charge on any atom is 0.307 e. The Morgan fingerprint density at radius 3 is 2.72 bits per heavy atom. The van der Waals surface area contributed by atoms with Crippen molar-refractivity contribution in [1.29, 1.82) is 0 Å². The standard InChI is InChI=1S/C11H14N2O5/c1-17-10-4-3-8(13(15)16)7-9(10)12-6-5-11(14)18-2/h3-4,7,12H,5-6H2,1-2H3. The summed E-state index contributed by atoms with van der Waals surface area (Å²) < 4.78 is 9.55. The Hall–Kier alpha value is -2.31. The summed E-state index contributed by atoms with van der Waals surface area (Å²) in [6.45, 7) is 0.310. The van der Waals surface area contributed by atoms with E-state index in [1.807, 2.05) is 0 Å². The van der Waals surface area contributed by atoms with Crippen LogP contribution in [0, 0.1) is 10.1 Å². The number of carbonyl (C=O) groups excluding carboxylic acids is 1. The summed E-state index contributed by atoms with van der Waals surface area (Å²) >= 11 is 0. The van der Waals surface area contributed by atoms with Gasteiger partial charge in [0.15, 0.2) is 0 Å². The highest BCUT2D eigenvalue weighted by Crippen LogP contribution is 2.28. The predicted octanol–water partition coefficient (Wildman–Crippen LogP) is 1.58. The first kappa shape index (κ1) is 13.8. The van der Waals surface area contributed by atoms with E-state index < -0.39 is 4.92 Å². The molecule has 0 heterocycles. The minimum Gasteiger partial charge on any atom is -0.495 e. The van der Waals surface area contributed by atoms with E-state index in [0.717, 1.165) is 0 Å². The van der Waals surface area contributed by atoms with Crippen LogP contribution in [0.25, 0.3) is 0 Å². The van der Waals surface area contributed by atoms with Crippen LogP contribution in [-0.4, -0.2) is 31.7 Å². The van der Waals surface area contributed by atoms with Crippen molar-refractivity contribution in [2.24, 2.45) is 0 Å². The van der Waals surface area contributed by atoms with E-state index in [1.54, 1.807) is 0 Å². The summed E-state index contributed by atoms with van der Waals surface area (Å²) in [7, 11) is 2.77. The molecular formula is C11H14N2O5. The molecule has 0 aliphatic heterocycles. The molecule has 98 valence electrons. The molecule has 0 unspecified atom stereocenters. The number of esters is 1. The predicted molar refractivity (Wildman–Crippen MR) is 64.8 cm³/mol. The normalized spacial score (nSPS) is 9.67. The van der Waals surface area contributed by atoms with E-state index in [-0.39, 0.29) is 18.1 Å². The number of carbonyl (C=O) groups is 1. The second kappa shape index (κ2) is 6.43. The van der Waals surface area contributed by atoms with Gasteiger partial charge in [0.2, 0.25) is 0 Å². The van der Waals surface area contributed by atoms with Crippen LogP contribution in [-0.2, 0) is 9.53 Å². The van der Waals surface area contributed by atoms with Crippen LogP contribution < -0.4 is 10.1 Å². The first-order valence-electron chi connectivity index (χ1n) is 5.21. The number of ether oxygens (including phenoxy) is 2. The van der Waals surface area contributed by atoms with Gasteiger partial charge in [-0.15, -0.1) is 0 Å². The lowest BCUT2D eigenvalue weighted by Crippen LogP contribution is -2.10. The third-order valence-corrected chi connectivity index (χ3v) is 2.27. The highest BCUT2D eigenvalue weighted by molar-refractivity contribution is 5.70. The molecule has 1 N–H and O–H groups in total. The number of nitro benzene ring substituents is 1. The molecule has 0 atom stereocenters. The summed E-state index contributed by atoms with van der Waals surface area (Å²) in [6.07, 6.45) is 0.169. The van der Waals surface area contributed by atoms with Crippen molar-refractivity contribution in [1.82, 2.24) is 0 Å². The van der Waals surface area contributed by atoms with Gasteiger partial charge in [-0.3, -0.25) is 14.9 Å². The Kier molecular flexibility index (Phi) is 4.91. The van der Waals surface area contributed by atoms with E-state index in [9.17, 15) is 14.9 Å². The first-order valence-corrected chi connectivity index (χ1v) is 5.21. The Morgan fingerprint density at radius 1 is 1.44 bits per heavy atom. The van der Waals surface area contributed by atoms with Crippen LogP contribution in [0.3, 0.4) is 0 Å².